The van der Waals surface area contributed by atoms with Gasteiger partial charge in [0.1, 0.15) is 11.3 Å². The predicted molar refractivity (Wildman–Crippen MR) is 128 cm³/mol. The number of amides is 2. The van der Waals surface area contributed by atoms with Gasteiger partial charge in [-0.15, -0.1) is 0 Å². The van der Waals surface area contributed by atoms with Gasteiger partial charge in [0.05, 0.1) is 19.8 Å². The molecule has 2 amide bonds. The van der Waals surface area contributed by atoms with E-state index in [1.54, 1.807) is 36.4 Å². The Balaban J connectivity index is 1.72. The first kappa shape index (κ1) is 22.0. The highest BCUT2D eigenvalue weighted by Gasteiger charge is 2.25. The van der Waals surface area contributed by atoms with Crippen LogP contribution in [0.25, 0.3) is 11.0 Å². The van der Waals surface area contributed by atoms with Crippen LogP contribution in [-0.4, -0.2) is 26.0 Å². The number of hydrogen-bond acceptors (Lipinski definition) is 5. The number of rotatable bonds is 6. The summed E-state index contributed by atoms with van der Waals surface area (Å²) in [4.78, 5) is 26.3. The largest absolute Gasteiger partial charge is 0.493 e. The summed E-state index contributed by atoms with van der Waals surface area (Å²) in [5.41, 5.74) is 3.84. The van der Waals surface area contributed by atoms with Crippen LogP contribution >= 0.6 is 0 Å². The van der Waals surface area contributed by atoms with E-state index in [0.717, 1.165) is 11.1 Å². The van der Waals surface area contributed by atoms with Crippen LogP contribution in [0.1, 0.15) is 32.0 Å². The van der Waals surface area contributed by atoms with Crippen LogP contribution in [0.4, 0.5) is 11.4 Å². The van der Waals surface area contributed by atoms with E-state index >= 15 is 0 Å². The van der Waals surface area contributed by atoms with Gasteiger partial charge in [-0.1, -0.05) is 24.3 Å². The monoisotopic (exact) mass is 444 g/mol. The molecule has 4 rings (SSSR count). The van der Waals surface area contributed by atoms with Crippen molar-refractivity contribution in [2.45, 2.75) is 13.8 Å². The number of nitrogens with one attached hydrogen (secondary N) is 2. The number of anilines is 2. The highest BCUT2D eigenvalue weighted by atomic mass is 16.5. The van der Waals surface area contributed by atoms with Crippen molar-refractivity contribution >= 4 is 34.2 Å². The zero-order valence-electron chi connectivity index (χ0n) is 18.8. The summed E-state index contributed by atoms with van der Waals surface area (Å²) in [6.07, 6.45) is 0. The SMILES string of the molecule is COc1cccc(C(=O)Nc2c(C(=O)Nc3ccc(C)c(C)c3)oc3ccccc23)c1OC. The normalized spacial score (nSPS) is 10.7. The van der Waals surface area contributed by atoms with Crippen LogP contribution in [0.3, 0.4) is 0 Å². The second-order valence-electron chi connectivity index (χ2n) is 7.55. The van der Waals surface area contributed by atoms with Gasteiger partial charge in [-0.2, -0.15) is 0 Å². The molecule has 7 heteroatoms. The summed E-state index contributed by atoms with van der Waals surface area (Å²) in [6.45, 7) is 3.97. The highest BCUT2D eigenvalue weighted by molar-refractivity contribution is 6.17. The number of furan rings is 1. The van der Waals surface area contributed by atoms with E-state index in [4.69, 9.17) is 13.9 Å². The molecule has 0 unspecified atom stereocenters. The third-order valence-electron chi connectivity index (χ3n) is 5.45. The number of para-hydroxylation sites is 2. The van der Waals surface area contributed by atoms with Crippen molar-refractivity contribution in [2.75, 3.05) is 24.9 Å². The number of methoxy groups -OCH3 is 2. The van der Waals surface area contributed by atoms with Crippen molar-refractivity contribution in [3.8, 4) is 11.5 Å². The lowest BCUT2D eigenvalue weighted by Gasteiger charge is -2.13. The number of aryl methyl sites for hydroxylation is 2. The fraction of sp³-hybridized carbons (Fsp3) is 0.154. The smallest absolute Gasteiger partial charge is 0.293 e. The highest BCUT2D eigenvalue weighted by Crippen LogP contribution is 2.35. The summed E-state index contributed by atoms with van der Waals surface area (Å²) < 4.78 is 16.5. The Morgan fingerprint density at radius 3 is 2.33 bits per heavy atom. The first-order valence-corrected chi connectivity index (χ1v) is 10.4. The molecule has 4 aromatic rings. The average molecular weight is 444 g/mol. The number of carbonyl (C=O) groups is 2. The van der Waals surface area contributed by atoms with E-state index < -0.39 is 11.8 Å². The van der Waals surface area contributed by atoms with E-state index in [1.807, 2.05) is 38.1 Å². The van der Waals surface area contributed by atoms with E-state index in [0.29, 0.717) is 28.2 Å². The Hall–Kier alpha value is -4.26. The molecule has 1 aromatic heterocycles. The van der Waals surface area contributed by atoms with E-state index in [9.17, 15) is 9.59 Å². The molecule has 0 spiro atoms. The van der Waals surface area contributed by atoms with Gasteiger partial charge in [0, 0.05) is 11.1 Å². The maximum Gasteiger partial charge on any atom is 0.293 e. The van der Waals surface area contributed by atoms with Crippen molar-refractivity contribution in [1.82, 2.24) is 0 Å². The molecule has 0 aliphatic heterocycles. The van der Waals surface area contributed by atoms with Gasteiger partial charge in [0.15, 0.2) is 11.5 Å². The third kappa shape index (κ3) is 4.25. The number of benzene rings is 3. The van der Waals surface area contributed by atoms with Crippen LogP contribution in [0.15, 0.2) is 65.1 Å². The molecule has 33 heavy (non-hydrogen) atoms. The zero-order valence-corrected chi connectivity index (χ0v) is 18.8. The van der Waals surface area contributed by atoms with E-state index in [2.05, 4.69) is 10.6 Å². The van der Waals surface area contributed by atoms with Gasteiger partial charge in [0.2, 0.25) is 5.76 Å². The summed E-state index contributed by atoms with van der Waals surface area (Å²) in [6, 6.07) is 17.8. The topological polar surface area (TPSA) is 89.8 Å². The lowest BCUT2D eigenvalue weighted by Crippen LogP contribution is -2.18. The fourth-order valence-corrected chi connectivity index (χ4v) is 3.58. The Bertz CT molecular complexity index is 1360. The lowest BCUT2D eigenvalue weighted by atomic mass is 10.1. The molecule has 1 heterocycles. The van der Waals surface area contributed by atoms with Gasteiger partial charge < -0.3 is 24.5 Å². The molecular formula is C26H24N2O5. The Kier molecular flexibility index (Phi) is 6.04. The molecule has 0 fully saturated rings. The van der Waals surface area contributed by atoms with Crippen LogP contribution in [0.5, 0.6) is 11.5 Å². The first-order chi connectivity index (χ1) is 15.9. The fourth-order valence-electron chi connectivity index (χ4n) is 3.58. The minimum Gasteiger partial charge on any atom is -0.493 e. The second-order valence-corrected chi connectivity index (χ2v) is 7.55. The number of hydrogen-bond donors (Lipinski definition) is 2. The van der Waals surface area contributed by atoms with E-state index in [-0.39, 0.29) is 17.0 Å². The summed E-state index contributed by atoms with van der Waals surface area (Å²) >= 11 is 0. The Morgan fingerprint density at radius 1 is 0.818 bits per heavy atom. The third-order valence-corrected chi connectivity index (χ3v) is 5.45. The van der Waals surface area contributed by atoms with Gasteiger partial charge in [-0.05, 0) is 61.4 Å². The van der Waals surface area contributed by atoms with Crippen molar-refractivity contribution < 1.29 is 23.5 Å². The van der Waals surface area contributed by atoms with Crippen LogP contribution in [0.2, 0.25) is 0 Å². The standard InChI is InChI=1S/C26H24N2O5/c1-15-12-13-17(14-16(15)2)27-26(30)24-22(18-8-5-6-10-20(18)33-24)28-25(29)19-9-7-11-21(31-3)23(19)32-4/h5-14H,1-4H3,(H,27,30)(H,28,29). The van der Waals surface area contributed by atoms with Gasteiger partial charge >= 0.3 is 0 Å². The molecule has 0 atom stereocenters. The minimum atomic E-state index is -0.470. The second kappa shape index (κ2) is 9.08. The van der Waals surface area contributed by atoms with Crippen LogP contribution in [-0.2, 0) is 0 Å². The summed E-state index contributed by atoms with van der Waals surface area (Å²) in [7, 11) is 2.96. The minimum absolute atomic E-state index is 0.00430. The van der Waals surface area contributed by atoms with E-state index in [1.165, 1.54) is 14.2 Å². The number of fused-ring (bicyclic) bond motifs is 1. The van der Waals surface area contributed by atoms with Crippen molar-refractivity contribution in [3.05, 3.63) is 83.1 Å². The van der Waals surface area contributed by atoms with Crippen LogP contribution in [0, 0.1) is 13.8 Å². The average Bonchev–Trinajstić information content (AvgIpc) is 3.19. The first-order valence-electron chi connectivity index (χ1n) is 10.4. The van der Waals surface area contributed by atoms with Crippen molar-refractivity contribution in [2.24, 2.45) is 0 Å². The number of carbonyl (C=O) groups excluding carboxylic acids is 2. The maximum atomic E-state index is 13.2. The molecule has 0 saturated heterocycles. The maximum absolute atomic E-state index is 13.2. The lowest BCUT2D eigenvalue weighted by molar-refractivity contribution is 0.0999. The summed E-state index contributed by atoms with van der Waals surface area (Å²) in [5.74, 6) is -0.203. The van der Waals surface area contributed by atoms with Gasteiger partial charge in [-0.25, -0.2) is 0 Å². The molecule has 0 saturated carbocycles. The van der Waals surface area contributed by atoms with Crippen molar-refractivity contribution in [3.63, 3.8) is 0 Å². The molecule has 7 nitrogen and oxygen atoms in total. The summed E-state index contributed by atoms with van der Waals surface area (Å²) in [5, 5.41) is 6.30. The Morgan fingerprint density at radius 2 is 1.61 bits per heavy atom. The molecule has 0 bridgehead atoms. The molecule has 2 N–H and O–H groups in total. The number of ether oxygens (including phenoxy) is 2. The molecule has 168 valence electrons. The van der Waals surface area contributed by atoms with Gasteiger partial charge in [0.25, 0.3) is 11.8 Å². The Labute approximate surface area is 191 Å². The molecule has 3 aromatic carbocycles. The quantitative estimate of drug-likeness (QED) is 0.406. The molecule has 0 radical (unpaired) electrons. The predicted octanol–water partition coefficient (Wildman–Crippen LogP) is 5.57. The van der Waals surface area contributed by atoms with Gasteiger partial charge in [-0.3, -0.25) is 9.59 Å². The zero-order chi connectivity index (χ0) is 23.5. The molecular weight excluding hydrogens is 420 g/mol. The van der Waals surface area contributed by atoms with Crippen molar-refractivity contribution in [1.29, 1.82) is 0 Å². The van der Waals surface area contributed by atoms with Crippen LogP contribution < -0.4 is 20.1 Å². The molecule has 0 aliphatic rings. The molecule has 0 aliphatic carbocycles.